The number of azide groups is 1. The van der Waals surface area contributed by atoms with Gasteiger partial charge in [-0.15, -0.1) is 11.3 Å². The average molecular weight is 236 g/mol. The van der Waals surface area contributed by atoms with E-state index in [0.29, 0.717) is 12.6 Å². The van der Waals surface area contributed by atoms with E-state index in [9.17, 15) is 0 Å². The van der Waals surface area contributed by atoms with Gasteiger partial charge < -0.3 is 0 Å². The Hall–Kier alpha value is -1.03. The van der Waals surface area contributed by atoms with Crippen LogP contribution in [0.15, 0.2) is 16.6 Å². The summed E-state index contributed by atoms with van der Waals surface area (Å²) in [5, 5.41) is 5.76. The van der Waals surface area contributed by atoms with Gasteiger partial charge in [0.2, 0.25) is 0 Å². The highest BCUT2D eigenvalue weighted by molar-refractivity contribution is 7.10. The minimum atomic E-state index is 0.515. The van der Waals surface area contributed by atoms with E-state index >= 15 is 0 Å². The Kier molecular flexibility index (Phi) is 3.83. The summed E-state index contributed by atoms with van der Waals surface area (Å²) in [5.74, 6) is 0. The van der Waals surface area contributed by atoms with Gasteiger partial charge in [-0.3, -0.25) is 4.90 Å². The first-order valence-corrected chi connectivity index (χ1v) is 6.52. The van der Waals surface area contributed by atoms with Gasteiger partial charge in [0.15, 0.2) is 0 Å². The van der Waals surface area contributed by atoms with Crippen molar-refractivity contribution in [2.24, 2.45) is 5.11 Å². The molecule has 0 saturated heterocycles. The summed E-state index contributed by atoms with van der Waals surface area (Å²) < 4.78 is 0. The van der Waals surface area contributed by atoms with E-state index in [0.717, 1.165) is 19.5 Å². The van der Waals surface area contributed by atoms with Gasteiger partial charge in [-0.05, 0) is 48.9 Å². The Bertz CT molecular complexity index is 394. The van der Waals surface area contributed by atoms with Crippen LogP contribution in [-0.2, 0) is 6.42 Å². The maximum Gasteiger partial charge on any atom is 0.0331 e. The van der Waals surface area contributed by atoms with Crippen LogP contribution in [0.4, 0.5) is 0 Å². The normalized spacial score (nSPS) is 20.2. The summed E-state index contributed by atoms with van der Waals surface area (Å²) >= 11 is 1.87. The first-order chi connectivity index (χ1) is 7.83. The van der Waals surface area contributed by atoms with Crippen LogP contribution in [0, 0.1) is 0 Å². The molecule has 0 aliphatic carbocycles. The van der Waals surface area contributed by atoms with Crippen LogP contribution in [-0.4, -0.2) is 24.5 Å². The highest BCUT2D eigenvalue weighted by atomic mass is 32.1. The standard InChI is InChI=1S/C11H16N4S/c1-9-10-4-8-16-11(10)3-7-15(9)6-2-5-13-14-12/h4,8-9H,2-3,5-7H2,1H3. The van der Waals surface area contributed by atoms with Gasteiger partial charge >= 0.3 is 0 Å². The van der Waals surface area contributed by atoms with Crippen LogP contribution in [0.1, 0.15) is 29.8 Å². The van der Waals surface area contributed by atoms with Gasteiger partial charge in [-0.1, -0.05) is 5.11 Å². The molecule has 0 saturated carbocycles. The lowest BCUT2D eigenvalue weighted by molar-refractivity contribution is 0.199. The third kappa shape index (κ3) is 2.38. The van der Waals surface area contributed by atoms with Crippen molar-refractivity contribution in [1.82, 2.24) is 4.90 Å². The molecular weight excluding hydrogens is 220 g/mol. The van der Waals surface area contributed by atoms with Crippen LogP contribution in [0.2, 0.25) is 0 Å². The van der Waals surface area contributed by atoms with Gasteiger partial charge in [0.1, 0.15) is 0 Å². The predicted octanol–water partition coefficient (Wildman–Crippen LogP) is 3.37. The predicted molar refractivity (Wildman–Crippen MR) is 66.6 cm³/mol. The van der Waals surface area contributed by atoms with Crippen molar-refractivity contribution in [3.8, 4) is 0 Å². The summed E-state index contributed by atoms with van der Waals surface area (Å²) in [6.45, 7) is 5.02. The zero-order valence-electron chi connectivity index (χ0n) is 9.46. The number of hydrogen-bond acceptors (Lipinski definition) is 3. The van der Waals surface area contributed by atoms with Crippen molar-refractivity contribution in [1.29, 1.82) is 0 Å². The molecule has 1 aliphatic rings. The number of hydrogen-bond donors (Lipinski definition) is 0. The first kappa shape index (κ1) is 11.5. The van der Waals surface area contributed by atoms with Gasteiger partial charge in [0.25, 0.3) is 0 Å². The maximum atomic E-state index is 8.20. The van der Waals surface area contributed by atoms with E-state index in [2.05, 4.69) is 33.3 Å². The first-order valence-electron chi connectivity index (χ1n) is 5.64. The molecule has 0 radical (unpaired) electrons. The largest absolute Gasteiger partial charge is 0.296 e. The SMILES string of the molecule is CC1c2ccsc2CCN1CCCN=[N+]=[N-]. The molecule has 0 fully saturated rings. The van der Waals surface area contributed by atoms with E-state index in [1.807, 2.05) is 11.3 Å². The van der Waals surface area contributed by atoms with E-state index in [4.69, 9.17) is 5.53 Å². The van der Waals surface area contributed by atoms with Crippen molar-refractivity contribution in [2.45, 2.75) is 25.8 Å². The second-order valence-corrected chi connectivity index (χ2v) is 5.07. The quantitative estimate of drug-likeness (QED) is 0.342. The molecule has 5 heteroatoms. The molecule has 0 amide bonds. The Balaban J connectivity index is 1.91. The molecule has 4 nitrogen and oxygen atoms in total. The number of fused-ring (bicyclic) bond motifs is 1. The molecule has 1 aromatic heterocycles. The molecule has 16 heavy (non-hydrogen) atoms. The molecule has 86 valence electrons. The van der Waals surface area contributed by atoms with Crippen LogP contribution in [0.25, 0.3) is 10.4 Å². The topological polar surface area (TPSA) is 52.0 Å². The van der Waals surface area contributed by atoms with Crippen molar-refractivity contribution in [3.63, 3.8) is 0 Å². The summed E-state index contributed by atoms with van der Waals surface area (Å²) in [5.41, 5.74) is 9.69. The Morgan fingerprint density at radius 2 is 2.56 bits per heavy atom. The second kappa shape index (κ2) is 5.34. The van der Waals surface area contributed by atoms with Gasteiger partial charge in [-0.2, -0.15) is 0 Å². The van der Waals surface area contributed by atoms with Crippen LogP contribution >= 0.6 is 11.3 Å². The Morgan fingerprint density at radius 3 is 3.38 bits per heavy atom. The van der Waals surface area contributed by atoms with Crippen molar-refractivity contribution in [3.05, 3.63) is 32.3 Å². The molecular formula is C11H16N4S. The smallest absolute Gasteiger partial charge is 0.0331 e. The molecule has 2 heterocycles. The lowest BCUT2D eigenvalue weighted by Gasteiger charge is -2.33. The third-order valence-electron chi connectivity index (χ3n) is 3.17. The fraction of sp³-hybridized carbons (Fsp3) is 0.636. The second-order valence-electron chi connectivity index (χ2n) is 4.07. The van der Waals surface area contributed by atoms with Crippen LogP contribution in [0.3, 0.4) is 0 Å². The molecule has 1 aliphatic heterocycles. The van der Waals surface area contributed by atoms with Crippen LogP contribution in [0.5, 0.6) is 0 Å². The van der Waals surface area contributed by atoms with Gasteiger partial charge in [-0.25, -0.2) is 0 Å². The minimum absolute atomic E-state index is 0.515. The lowest BCUT2D eigenvalue weighted by Crippen LogP contribution is -2.34. The molecule has 0 aromatic carbocycles. The molecule has 0 N–H and O–H groups in total. The molecule has 2 rings (SSSR count). The zero-order chi connectivity index (χ0) is 11.4. The lowest BCUT2D eigenvalue weighted by atomic mass is 10.0. The fourth-order valence-electron chi connectivity index (χ4n) is 2.26. The average Bonchev–Trinajstić information content (AvgIpc) is 2.76. The summed E-state index contributed by atoms with van der Waals surface area (Å²) in [4.78, 5) is 6.79. The molecule has 1 aromatic rings. The zero-order valence-corrected chi connectivity index (χ0v) is 10.3. The van der Waals surface area contributed by atoms with Crippen molar-refractivity contribution in [2.75, 3.05) is 19.6 Å². The highest BCUT2D eigenvalue weighted by Gasteiger charge is 2.23. The summed E-state index contributed by atoms with van der Waals surface area (Å²) in [6, 6.07) is 2.76. The number of thiophene rings is 1. The Morgan fingerprint density at radius 1 is 1.69 bits per heavy atom. The van der Waals surface area contributed by atoms with Crippen molar-refractivity contribution >= 4 is 11.3 Å². The summed E-state index contributed by atoms with van der Waals surface area (Å²) in [7, 11) is 0. The summed E-state index contributed by atoms with van der Waals surface area (Å²) in [6.07, 6.45) is 2.12. The van der Waals surface area contributed by atoms with E-state index in [-0.39, 0.29) is 0 Å². The minimum Gasteiger partial charge on any atom is -0.296 e. The molecule has 1 atom stereocenters. The molecule has 1 unspecified atom stereocenters. The van der Waals surface area contributed by atoms with Gasteiger partial charge in [0.05, 0.1) is 0 Å². The van der Waals surface area contributed by atoms with Crippen molar-refractivity contribution < 1.29 is 0 Å². The van der Waals surface area contributed by atoms with E-state index in [1.165, 1.54) is 12.0 Å². The van der Waals surface area contributed by atoms with E-state index in [1.54, 1.807) is 4.88 Å². The number of nitrogens with zero attached hydrogens (tertiary/aromatic N) is 4. The highest BCUT2D eigenvalue weighted by Crippen LogP contribution is 2.32. The molecule has 0 bridgehead atoms. The fourth-order valence-corrected chi connectivity index (χ4v) is 3.22. The van der Waals surface area contributed by atoms with Gasteiger partial charge in [0, 0.05) is 28.9 Å². The van der Waals surface area contributed by atoms with Crippen LogP contribution < -0.4 is 0 Å². The maximum absolute atomic E-state index is 8.20. The third-order valence-corrected chi connectivity index (χ3v) is 4.17. The van der Waals surface area contributed by atoms with E-state index < -0.39 is 0 Å². The monoisotopic (exact) mass is 236 g/mol. The number of rotatable bonds is 4. The molecule has 0 spiro atoms. The Labute approximate surface area is 99.5 Å².